The molecule has 0 bridgehead atoms. The number of ketones is 1. The van der Waals surface area contributed by atoms with Gasteiger partial charge in [-0.1, -0.05) is 42.5 Å². The third-order valence-electron chi connectivity index (χ3n) is 6.98. The Balaban J connectivity index is 1.52. The molecule has 10 heteroatoms. The number of Topliss-reactive ketones (excluding diaryl/α,β-unsaturated/α-hetero) is 1. The maximum Gasteiger partial charge on any atom is 0.288 e. The van der Waals surface area contributed by atoms with Gasteiger partial charge in [0.2, 0.25) is 9.84 Å². The normalized spacial score (nSPS) is 16.7. The lowest BCUT2D eigenvalue weighted by atomic mass is 9.88. The number of nitrogens with two attached hydrogens (primary N) is 1. The minimum atomic E-state index is -4.37. The summed E-state index contributed by atoms with van der Waals surface area (Å²) in [6.07, 6.45) is 1.16. The van der Waals surface area contributed by atoms with Crippen molar-refractivity contribution in [2.45, 2.75) is 29.0 Å². The van der Waals surface area contributed by atoms with Gasteiger partial charge in [-0.3, -0.25) is 14.9 Å². The van der Waals surface area contributed by atoms with E-state index in [1.54, 1.807) is 30.3 Å². The van der Waals surface area contributed by atoms with Crippen LogP contribution in [0.5, 0.6) is 0 Å². The number of likely N-dealkylation sites (tertiary alicyclic amines) is 1. The number of carbonyl (C=O) groups excluding carboxylic acids is 1. The molecule has 1 aliphatic heterocycles. The number of para-hydroxylation sites is 1. The summed E-state index contributed by atoms with van der Waals surface area (Å²) in [5.41, 5.74) is 6.95. The fourth-order valence-corrected chi connectivity index (χ4v) is 6.65. The van der Waals surface area contributed by atoms with Gasteiger partial charge >= 0.3 is 0 Å². The summed E-state index contributed by atoms with van der Waals surface area (Å²) in [7, 11) is -4.37. The van der Waals surface area contributed by atoms with E-state index in [9.17, 15) is 27.7 Å². The molecule has 0 amide bonds. The zero-order valence-corrected chi connectivity index (χ0v) is 20.9. The molecule has 1 atom stereocenters. The molecule has 1 unspecified atom stereocenters. The Labute approximate surface area is 215 Å². The molecule has 2 N–H and O–H groups in total. The number of rotatable bonds is 9. The van der Waals surface area contributed by atoms with Crippen LogP contribution in [0.1, 0.15) is 35.2 Å². The minimum absolute atomic E-state index is 0.00195. The van der Waals surface area contributed by atoms with Crippen LogP contribution < -0.4 is 5.73 Å². The Bertz CT molecular complexity index is 1370. The molecule has 0 aliphatic carbocycles. The number of hydrogen-bond donors (Lipinski definition) is 1. The first-order chi connectivity index (χ1) is 17.6. The number of piperidine rings is 1. The van der Waals surface area contributed by atoms with Gasteiger partial charge in [-0.05, 0) is 68.2 Å². The second-order valence-corrected chi connectivity index (χ2v) is 11.4. The number of halogens is 1. The van der Waals surface area contributed by atoms with Crippen molar-refractivity contribution in [3.05, 3.63) is 106 Å². The maximum atomic E-state index is 13.9. The van der Waals surface area contributed by atoms with E-state index in [0.29, 0.717) is 43.6 Å². The number of hydrogen-bond acceptors (Lipinski definition) is 7. The molecule has 1 fully saturated rings. The highest BCUT2D eigenvalue weighted by Gasteiger charge is 2.45. The van der Waals surface area contributed by atoms with Crippen molar-refractivity contribution < 1.29 is 22.5 Å². The number of nitrogens with zero attached hydrogens (tertiary/aromatic N) is 2. The van der Waals surface area contributed by atoms with E-state index in [4.69, 9.17) is 5.73 Å². The van der Waals surface area contributed by atoms with Gasteiger partial charge in [0.05, 0.1) is 4.92 Å². The van der Waals surface area contributed by atoms with E-state index in [1.165, 1.54) is 42.5 Å². The fourth-order valence-electron chi connectivity index (χ4n) is 4.78. The van der Waals surface area contributed by atoms with Crippen molar-refractivity contribution in [2.75, 3.05) is 19.6 Å². The van der Waals surface area contributed by atoms with Crippen LogP contribution in [0.25, 0.3) is 0 Å². The molecule has 4 rings (SSSR count). The van der Waals surface area contributed by atoms with Crippen molar-refractivity contribution in [2.24, 2.45) is 11.7 Å². The summed E-state index contributed by atoms with van der Waals surface area (Å²) in [5.74, 6) is -0.629. The van der Waals surface area contributed by atoms with Crippen LogP contribution in [0, 0.1) is 21.8 Å². The highest BCUT2D eigenvalue weighted by atomic mass is 32.2. The molecule has 1 saturated heterocycles. The number of nitro groups is 1. The van der Waals surface area contributed by atoms with Crippen LogP contribution in [0.3, 0.4) is 0 Å². The lowest BCUT2D eigenvalue weighted by Crippen LogP contribution is -2.48. The zero-order valence-electron chi connectivity index (χ0n) is 20.1. The zero-order chi connectivity index (χ0) is 26.6. The second-order valence-electron chi connectivity index (χ2n) is 9.22. The number of nitro benzene ring substituents is 1. The van der Waals surface area contributed by atoms with Crippen molar-refractivity contribution in [1.29, 1.82) is 0 Å². The lowest BCUT2D eigenvalue weighted by molar-refractivity contribution is -0.387. The van der Waals surface area contributed by atoms with Crippen LogP contribution >= 0.6 is 0 Å². The van der Waals surface area contributed by atoms with Crippen LogP contribution in [-0.2, 0) is 14.7 Å². The SMILES string of the molecule is NC(CCN1CCC(C(=O)c2ccc(F)cc2)CC1)(c1ccccc1)S(=O)(=O)c1ccccc1[N+](=O)[O-]. The standard InChI is InChI=1S/C27H28FN3O5S/c28-23-12-10-20(11-13-23)26(32)21-14-17-30(18-15-21)19-16-27(29,22-6-2-1-3-7-22)37(35,36)25-9-5-4-8-24(25)31(33)34/h1-13,21H,14-19,29H2. The van der Waals surface area contributed by atoms with E-state index < -0.39 is 36.0 Å². The fraction of sp³-hybridized carbons (Fsp3) is 0.296. The monoisotopic (exact) mass is 525 g/mol. The molecular formula is C27H28FN3O5S. The van der Waals surface area contributed by atoms with Gasteiger partial charge in [0.15, 0.2) is 10.7 Å². The van der Waals surface area contributed by atoms with Crippen molar-refractivity contribution >= 4 is 21.3 Å². The molecule has 0 saturated carbocycles. The molecular weight excluding hydrogens is 497 g/mol. The van der Waals surface area contributed by atoms with Crippen LogP contribution in [0.2, 0.25) is 0 Å². The third kappa shape index (κ3) is 5.46. The lowest BCUT2D eigenvalue weighted by Gasteiger charge is -2.35. The van der Waals surface area contributed by atoms with Gasteiger partial charge in [-0.25, -0.2) is 12.8 Å². The smallest absolute Gasteiger partial charge is 0.288 e. The van der Waals surface area contributed by atoms with E-state index in [1.807, 2.05) is 4.90 Å². The first-order valence-electron chi connectivity index (χ1n) is 12.0. The van der Waals surface area contributed by atoms with Crippen molar-refractivity contribution in [3.8, 4) is 0 Å². The number of benzene rings is 3. The summed E-state index contributed by atoms with van der Waals surface area (Å²) in [6.45, 7) is 1.45. The van der Waals surface area contributed by atoms with Gasteiger partial charge < -0.3 is 10.6 Å². The van der Waals surface area contributed by atoms with E-state index in [2.05, 4.69) is 0 Å². The Morgan fingerprint density at radius 2 is 1.59 bits per heavy atom. The van der Waals surface area contributed by atoms with Gasteiger partial charge in [0, 0.05) is 24.1 Å². The first kappa shape index (κ1) is 26.6. The molecule has 1 heterocycles. The maximum absolute atomic E-state index is 13.9. The van der Waals surface area contributed by atoms with Gasteiger partial charge in [0.25, 0.3) is 5.69 Å². The van der Waals surface area contributed by atoms with Crippen LogP contribution in [0.15, 0.2) is 83.8 Å². The summed E-state index contributed by atoms with van der Waals surface area (Å²) in [6, 6.07) is 19.0. The molecule has 8 nitrogen and oxygen atoms in total. The van der Waals surface area contributed by atoms with Crippen molar-refractivity contribution in [3.63, 3.8) is 0 Å². The van der Waals surface area contributed by atoms with Gasteiger partial charge in [-0.2, -0.15) is 0 Å². The molecule has 1 aliphatic rings. The van der Waals surface area contributed by atoms with Crippen LogP contribution in [-0.4, -0.2) is 43.7 Å². The second kappa shape index (κ2) is 10.9. The number of sulfone groups is 1. The van der Waals surface area contributed by atoms with Crippen molar-refractivity contribution in [1.82, 2.24) is 4.90 Å². The van der Waals surface area contributed by atoms with Gasteiger partial charge in [-0.15, -0.1) is 0 Å². The average molecular weight is 526 g/mol. The van der Waals surface area contributed by atoms with E-state index >= 15 is 0 Å². The molecule has 3 aromatic rings. The van der Waals surface area contributed by atoms with Gasteiger partial charge in [0.1, 0.15) is 10.7 Å². The summed E-state index contributed by atoms with van der Waals surface area (Å²) in [4.78, 5) is 23.4. The topological polar surface area (TPSA) is 124 Å². The average Bonchev–Trinajstić information content (AvgIpc) is 2.92. The molecule has 0 spiro atoms. The highest BCUT2D eigenvalue weighted by molar-refractivity contribution is 7.92. The molecule has 0 radical (unpaired) electrons. The Hall–Kier alpha value is -3.47. The molecule has 0 aromatic heterocycles. The predicted molar refractivity (Wildman–Crippen MR) is 137 cm³/mol. The minimum Gasteiger partial charge on any atom is -0.308 e. The Morgan fingerprint density at radius 3 is 2.22 bits per heavy atom. The number of carbonyl (C=O) groups is 1. The quantitative estimate of drug-likeness (QED) is 0.251. The first-order valence-corrected chi connectivity index (χ1v) is 13.5. The van der Waals surface area contributed by atoms with E-state index in [-0.39, 0.29) is 18.1 Å². The Kier molecular flexibility index (Phi) is 7.82. The largest absolute Gasteiger partial charge is 0.308 e. The summed E-state index contributed by atoms with van der Waals surface area (Å²) >= 11 is 0. The molecule has 3 aromatic carbocycles. The highest BCUT2D eigenvalue weighted by Crippen LogP contribution is 2.38. The molecule has 194 valence electrons. The predicted octanol–water partition coefficient (Wildman–Crippen LogP) is 4.30. The van der Waals surface area contributed by atoms with Crippen LogP contribution in [0.4, 0.5) is 10.1 Å². The van der Waals surface area contributed by atoms with E-state index in [0.717, 1.165) is 6.07 Å². The summed E-state index contributed by atoms with van der Waals surface area (Å²) < 4.78 is 40.9. The third-order valence-corrected chi connectivity index (χ3v) is 9.30. The summed E-state index contributed by atoms with van der Waals surface area (Å²) in [5, 5.41) is 11.6. The molecule has 37 heavy (non-hydrogen) atoms. The Morgan fingerprint density at radius 1 is 1.00 bits per heavy atom.